The lowest BCUT2D eigenvalue weighted by molar-refractivity contribution is -0.123. The number of H-pyrrole nitrogens is 2. The molecule has 1 aliphatic rings. The highest BCUT2D eigenvalue weighted by Crippen LogP contribution is 2.11. The van der Waals surface area contributed by atoms with E-state index in [1.807, 2.05) is 0 Å². The monoisotopic (exact) mass is 261 g/mol. The lowest BCUT2D eigenvalue weighted by atomic mass is 10.0. The quantitative estimate of drug-likeness (QED) is 0.558. The Morgan fingerprint density at radius 2 is 2.42 bits per heavy atom. The largest absolute Gasteiger partial charge is 0.354 e. The normalized spacial score (nSPS) is 18.0. The third-order valence-corrected chi connectivity index (χ3v) is 3.17. The first kappa shape index (κ1) is 11.8. The van der Waals surface area contributed by atoms with Crippen molar-refractivity contribution >= 4 is 5.91 Å². The molecule has 0 bridgehead atoms. The van der Waals surface area contributed by atoms with Crippen LogP contribution in [0.3, 0.4) is 0 Å². The molecule has 3 rings (SSSR count). The maximum atomic E-state index is 12.0. The van der Waals surface area contributed by atoms with Gasteiger partial charge in [-0.3, -0.25) is 15.2 Å². The zero-order valence-electron chi connectivity index (χ0n) is 10.3. The van der Waals surface area contributed by atoms with Crippen molar-refractivity contribution in [2.45, 2.75) is 25.4 Å². The van der Waals surface area contributed by atoms with Gasteiger partial charge in [-0.1, -0.05) is 0 Å². The van der Waals surface area contributed by atoms with Gasteiger partial charge in [0.05, 0.1) is 23.8 Å². The van der Waals surface area contributed by atoms with Gasteiger partial charge >= 0.3 is 0 Å². The Morgan fingerprint density at radius 3 is 3.26 bits per heavy atom. The van der Waals surface area contributed by atoms with Crippen molar-refractivity contribution in [3.05, 3.63) is 29.9 Å². The molecule has 0 radical (unpaired) electrons. The van der Waals surface area contributed by atoms with E-state index < -0.39 is 0 Å². The fourth-order valence-corrected chi connectivity index (χ4v) is 2.13. The Hall–Kier alpha value is -2.22. The van der Waals surface area contributed by atoms with Gasteiger partial charge < -0.3 is 10.3 Å². The summed E-state index contributed by atoms with van der Waals surface area (Å²) in [4.78, 5) is 23.3. The van der Waals surface area contributed by atoms with Crippen LogP contribution in [0.1, 0.15) is 17.2 Å². The van der Waals surface area contributed by atoms with E-state index >= 15 is 0 Å². The van der Waals surface area contributed by atoms with Gasteiger partial charge in [0.25, 0.3) is 0 Å². The Kier molecular flexibility index (Phi) is 3.23. The molecule has 0 fully saturated rings. The second-order valence-corrected chi connectivity index (χ2v) is 4.44. The molecule has 1 unspecified atom stereocenters. The first-order valence-corrected chi connectivity index (χ1v) is 6.19. The summed E-state index contributed by atoms with van der Waals surface area (Å²) < 4.78 is 0. The van der Waals surface area contributed by atoms with Gasteiger partial charge in [-0.05, 0) is 0 Å². The fourth-order valence-electron chi connectivity index (χ4n) is 2.13. The summed E-state index contributed by atoms with van der Waals surface area (Å²) in [6, 6.07) is -0.217. The topological polar surface area (TPSA) is 111 Å². The maximum absolute atomic E-state index is 12.0. The summed E-state index contributed by atoms with van der Waals surface area (Å²) in [7, 11) is 0. The van der Waals surface area contributed by atoms with Crippen LogP contribution >= 0.6 is 0 Å². The highest BCUT2D eigenvalue weighted by molar-refractivity contribution is 5.82. The summed E-state index contributed by atoms with van der Waals surface area (Å²) in [5.74, 6) is 0.764. The Balaban J connectivity index is 1.49. The number of rotatable bonds is 4. The van der Waals surface area contributed by atoms with Gasteiger partial charge in [-0.2, -0.15) is 5.10 Å². The SMILES string of the molecule is O=C(NCCc1ncn[nH]1)C1Cc2nc[nH]c2CN1. The number of aromatic amines is 2. The molecular weight excluding hydrogens is 246 g/mol. The van der Waals surface area contributed by atoms with E-state index in [4.69, 9.17) is 0 Å². The van der Waals surface area contributed by atoms with Crippen molar-refractivity contribution in [1.82, 2.24) is 35.8 Å². The predicted octanol–water partition coefficient (Wildman–Crippen LogP) is -1.10. The molecule has 8 nitrogen and oxygen atoms in total. The van der Waals surface area contributed by atoms with E-state index in [0.717, 1.165) is 17.2 Å². The number of amides is 1. The van der Waals surface area contributed by atoms with Gasteiger partial charge in [0.15, 0.2) is 0 Å². The number of nitrogens with zero attached hydrogens (tertiary/aromatic N) is 3. The number of carbonyl (C=O) groups is 1. The molecule has 8 heteroatoms. The summed E-state index contributed by atoms with van der Waals surface area (Å²) in [6.07, 6.45) is 4.38. The molecule has 0 aliphatic carbocycles. The number of fused-ring (bicyclic) bond motifs is 1. The number of nitrogens with one attached hydrogen (secondary N) is 4. The highest BCUT2D eigenvalue weighted by Gasteiger charge is 2.25. The first-order valence-electron chi connectivity index (χ1n) is 6.19. The van der Waals surface area contributed by atoms with Crippen molar-refractivity contribution in [2.24, 2.45) is 0 Å². The van der Waals surface area contributed by atoms with E-state index in [1.54, 1.807) is 6.33 Å². The Bertz CT molecular complexity index is 547. The minimum atomic E-state index is -0.217. The molecule has 2 aromatic heterocycles. The van der Waals surface area contributed by atoms with E-state index in [0.29, 0.717) is 25.9 Å². The fraction of sp³-hybridized carbons (Fsp3) is 0.455. The van der Waals surface area contributed by atoms with E-state index in [1.165, 1.54) is 6.33 Å². The second kappa shape index (κ2) is 5.19. The van der Waals surface area contributed by atoms with Gasteiger partial charge in [0.1, 0.15) is 12.2 Å². The Labute approximate surface area is 109 Å². The molecule has 100 valence electrons. The number of hydrogen-bond acceptors (Lipinski definition) is 5. The number of carbonyl (C=O) groups excluding carboxylic acids is 1. The van der Waals surface area contributed by atoms with E-state index in [9.17, 15) is 4.79 Å². The molecule has 3 heterocycles. The first-order chi connectivity index (χ1) is 9.33. The summed E-state index contributed by atoms with van der Waals surface area (Å²) in [5.41, 5.74) is 2.03. The van der Waals surface area contributed by atoms with Crippen LogP contribution in [-0.4, -0.2) is 43.6 Å². The lowest BCUT2D eigenvalue weighted by Crippen LogP contribution is -2.48. The Morgan fingerprint density at radius 1 is 1.47 bits per heavy atom. The molecule has 19 heavy (non-hydrogen) atoms. The van der Waals surface area contributed by atoms with E-state index in [-0.39, 0.29) is 11.9 Å². The second-order valence-electron chi connectivity index (χ2n) is 4.44. The molecule has 1 aliphatic heterocycles. The highest BCUT2D eigenvalue weighted by atomic mass is 16.2. The predicted molar refractivity (Wildman–Crippen MR) is 66.0 cm³/mol. The number of aromatic nitrogens is 5. The van der Waals surface area contributed by atoms with Crippen molar-refractivity contribution < 1.29 is 4.79 Å². The van der Waals surface area contributed by atoms with Crippen LogP contribution in [0.25, 0.3) is 0 Å². The average Bonchev–Trinajstić information content (AvgIpc) is 3.08. The number of hydrogen-bond donors (Lipinski definition) is 4. The molecule has 1 atom stereocenters. The molecule has 0 saturated carbocycles. The summed E-state index contributed by atoms with van der Waals surface area (Å²) in [6.45, 7) is 1.19. The third kappa shape index (κ3) is 2.63. The van der Waals surface area contributed by atoms with Crippen LogP contribution in [0.5, 0.6) is 0 Å². The molecule has 4 N–H and O–H groups in total. The minimum Gasteiger partial charge on any atom is -0.354 e. The molecule has 0 aromatic carbocycles. The van der Waals surface area contributed by atoms with Crippen molar-refractivity contribution in [3.8, 4) is 0 Å². The van der Waals surface area contributed by atoms with Crippen LogP contribution in [0, 0.1) is 0 Å². The van der Waals surface area contributed by atoms with Gasteiger partial charge in [-0.15, -0.1) is 0 Å². The third-order valence-electron chi connectivity index (χ3n) is 3.17. The minimum absolute atomic E-state index is 0.00633. The summed E-state index contributed by atoms with van der Waals surface area (Å²) in [5, 5.41) is 12.6. The maximum Gasteiger partial charge on any atom is 0.237 e. The molecule has 1 amide bonds. The van der Waals surface area contributed by atoms with Gasteiger partial charge in [-0.25, -0.2) is 9.97 Å². The van der Waals surface area contributed by atoms with Crippen LogP contribution in [0.4, 0.5) is 0 Å². The van der Waals surface area contributed by atoms with Crippen molar-refractivity contribution in [2.75, 3.05) is 6.54 Å². The van der Waals surface area contributed by atoms with Crippen LogP contribution in [0.2, 0.25) is 0 Å². The van der Waals surface area contributed by atoms with Crippen LogP contribution < -0.4 is 10.6 Å². The van der Waals surface area contributed by atoms with Crippen molar-refractivity contribution in [1.29, 1.82) is 0 Å². The van der Waals surface area contributed by atoms with Crippen molar-refractivity contribution in [3.63, 3.8) is 0 Å². The zero-order chi connectivity index (χ0) is 13.1. The molecule has 2 aromatic rings. The smallest absolute Gasteiger partial charge is 0.237 e. The molecule has 0 saturated heterocycles. The lowest BCUT2D eigenvalue weighted by Gasteiger charge is -2.22. The molecule has 0 spiro atoms. The van der Waals surface area contributed by atoms with Crippen LogP contribution in [0.15, 0.2) is 12.7 Å². The molecular formula is C11H15N7O. The van der Waals surface area contributed by atoms with Crippen LogP contribution in [-0.2, 0) is 24.2 Å². The van der Waals surface area contributed by atoms with Gasteiger partial charge in [0, 0.05) is 25.9 Å². The average molecular weight is 261 g/mol. The van der Waals surface area contributed by atoms with Gasteiger partial charge in [0.2, 0.25) is 5.91 Å². The van der Waals surface area contributed by atoms with E-state index in [2.05, 4.69) is 35.8 Å². The standard InChI is InChI=1S/C11H15N7O/c19-11(12-2-1-10-16-6-17-18-10)8-3-7-9(4-13-8)15-5-14-7/h5-6,8,13H,1-4H2,(H,12,19)(H,14,15)(H,16,17,18). The zero-order valence-corrected chi connectivity index (χ0v) is 10.3. The number of imidazole rings is 1. The summed E-state index contributed by atoms with van der Waals surface area (Å²) >= 11 is 0.